The van der Waals surface area contributed by atoms with Gasteiger partial charge in [-0.3, -0.25) is 4.79 Å². The lowest BCUT2D eigenvalue weighted by Gasteiger charge is -2.25. The molecule has 0 N–H and O–H groups in total. The number of benzene rings is 2. The summed E-state index contributed by atoms with van der Waals surface area (Å²) < 4.78 is 5.72. The number of rotatable bonds is 4. The van der Waals surface area contributed by atoms with E-state index in [2.05, 4.69) is 23.2 Å². The van der Waals surface area contributed by atoms with E-state index in [1.807, 2.05) is 42.2 Å². The predicted octanol–water partition coefficient (Wildman–Crippen LogP) is 4.85. The molecule has 0 radical (unpaired) electrons. The molecule has 0 aliphatic carbocycles. The van der Waals surface area contributed by atoms with Gasteiger partial charge in [-0.05, 0) is 56.2 Å². The van der Waals surface area contributed by atoms with Crippen molar-refractivity contribution in [1.82, 2.24) is 10.2 Å². The minimum absolute atomic E-state index is 0.0451. The summed E-state index contributed by atoms with van der Waals surface area (Å²) in [5.74, 6) is 0.456. The molecule has 7 heteroatoms. The molecule has 1 aliphatic rings. The highest BCUT2D eigenvalue weighted by Crippen LogP contribution is 2.35. The first-order valence-corrected chi connectivity index (χ1v) is 9.96. The molecule has 2 aromatic carbocycles. The Kier molecular flexibility index (Phi) is 4.93. The van der Waals surface area contributed by atoms with Gasteiger partial charge < -0.3 is 9.32 Å². The summed E-state index contributed by atoms with van der Waals surface area (Å²) in [6.45, 7) is 3.94. The third-order valence-electron chi connectivity index (χ3n) is 4.57. The minimum atomic E-state index is -0.336. The van der Waals surface area contributed by atoms with Gasteiger partial charge in [0.15, 0.2) is 0 Å². The van der Waals surface area contributed by atoms with Crippen LogP contribution in [0.15, 0.2) is 58.2 Å². The topological polar surface area (TPSA) is 59.2 Å². The Morgan fingerprint density at radius 1 is 1.22 bits per heavy atom. The predicted molar refractivity (Wildman–Crippen MR) is 107 cm³/mol. The zero-order chi connectivity index (χ0) is 19.0. The first-order valence-electron chi connectivity index (χ1n) is 8.70. The molecular formula is C20H18ClN3O2S. The van der Waals surface area contributed by atoms with Crippen LogP contribution in [-0.4, -0.2) is 27.4 Å². The van der Waals surface area contributed by atoms with Gasteiger partial charge in [-0.1, -0.05) is 41.6 Å². The van der Waals surface area contributed by atoms with Crippen LogP contribution in [0.4, 0.5) is 5.69 Å². The van der Waals surface area contributed by atoms with Gasteiger partial charge in [-0.2, -0.15) is 0 Å². The molecular weight excluding hydrogens is 382 g/mol. The van der Waals surface area contributed by atoms with Crippen molar-refractivity contribution < 1.29 is 9.21 Å². The molecule has 0 bridgehead atoms. The van der Waals surface area contributed by atoms with Crippen molar-refractivity contribution in [3.8, 4) is 11.5 Å². The SMILES string of the molecule is CC(Sc1nnc(-c2ccc(Cl)cc2)o1)C(=O)N1c2ccccc2CC1C. The number of aromatic nitrogens is 2. The molecule has 2 heterocycles. The summed E-state index contributed by atoms with van der Waals surface area (Å²) in [6.07, 6.45) is 0.876. The van der Waals surface area contributed by atoms with E-state index in [0.717, 1.165) is 17.7 Å². The van der Waals surface area contributed by atoms with Gasteiger partial charge in [0.25, 0.3) is 5.22 Å². The van der Waals surface area contributed by atoms with Crippen molar-refractivity contribution in [2.45, 2.75) is 36.8 Å². The fourth-order valence-corrected chi connectivity index (χ4v) is 4.12. The Morgan fingerprint density at radius 3 is 2.74 bits per heavy atom. The number of hydrogen-bond acceptors (Lipinski definition) is 5. The molecule has 0 saturated heterocycles. The van der Waals surface area contributed by atoms with E-state index < -0.39 is 0 Å². The molecule has 1 aromatic heterocycles. The number of amides is 1. The Morgan fingerprint density at radius 2 is 1.96 bits per heavy atom. The second kappa shape index (κ2) is 7.37. The van der Waals surface area contributed by atoms with E-state index in [9.17, 15) is 4.79 Å². The average molecular weight is 400 g/mol. The summed E-state index contributed by atoms with van der Waals surface area (Å²) in [4.78, 5) is 14.9. The van der Waals surface area contributed by atoms with Crippen LogP contribution in [0.1, 0.15) is 19.4 Å². The van der Waals surface area contributed by atoms with Gasteiger partial charge in [-0.25, -0.2) is 0 Å². The smallest absolute Gasteiger partial charge is 0.277 e. The molecule has 0 spiro atoms. The average Bonchev–Trinajstić information content (AvgIpc) is 3.25. The van der Waals surface area contributed by atoms with E-state index in [4.69, 9.17) is 16.0 Å². The molecule has 4 rings (SSSR count). The first kappa shape index (κ1) is 18.1. The van der Waals surface area contributed by atoms with E-state index in [1.165, 1.54) is 17.3 Å². The van der Waals surface area contributed by atoms with Crippen LogP contribution >= 0.6 is 23.4 Å². The van der Waals surface area contributed by atoms with Crippen LogP contribution in [0, 0.1) is 0 Å². The highest BCUT2D eigenvalue weighted by Gasteiger charge is 2.34. The molecule has 2 unspecified atom stereocenters. The Hall–Kier alpha value is -2.31. The van der Waals surface area contributed by atoms with Gasteiger partial charge in [0.05, 0.1) is 5.25 Å². The number of carbonyl (C=O) groups excluding carboxylic acids is 1. The molecule has 2 atom stereocenters. The van der Waals surface area contributed by atoms with Gasteiger partial charge >= 0.3 is 0 Å². The van der Waals surface area contributed by atoms with Crippen molar-refractivity contribution in [3.05, 3.63) is 59.1 Å². The number of hydrogen-bond donors (Lipinski definition) is 0. The number of para-hydroxylation sites is 1. The van der Waals surface area contributed by atoms with Gasteiger partial charge in [0, 0.05) is 22.3 Å². The summed E-state index contributed by atoms with van der Waals surface area (Å²) in [6, 6.07) is 15.4. The lowest BCUT2D eigenvalue weighted by molar-refractivity contribution is -0.118. The second-order valence-electron chi connectivity index (χ2n) is 6.53. The fourth-order valence-electron chi connectivity index (χ4n) is 3.27. The quantitative estimate of drug-likeness (QED) is 0.587. The number of nitrogens with zero attached hydrogens (tertiary/aromatic N) is 3. The van der Waals surface area contributed by atoms with Gasteiger partial charge in [0.1, 0.15) is 0 Å². The molecule has 27 heavy (non-hydrogen) atoms. The Balaban J connectivity index is 1.49. The van der Waals surface area contributed by atoms with E-state index in [-0.39, 0.29) is 17.2 Å². The maximum atomic E-state index is 13.0. The third-order valence-corrected chi connectivity index (χ3v) is 5.74. The van der Waals surface area contributed by atoms with Crippen molar-refractivity contribution in [1.29, 1.82) is 0 Å². The van der Waals surface area contributed by atoms with Crippen LogP contribution < -0.4 is 4.90 Å². The maximum Gasteiger partial charge on any atom is 0.277 e. The number of carbonyl (C=O) groups is 1. The summed E-state index contributed by atoms with van der Waals surface area (Å²) in [7, 11) is 0. The third kappa shape index (κ3) is 3.59. The van der Waals surface area contributed by atoms with Crippen LogP contribution in [0.3, 0.4) is 0 Å². The largest absolute Gasteiger partial charge is 0.411 e. The first-order chi connectivity index (χ1) is 13.0. The number of halogens is 1. The lowest BCUT2D eigenvalue weighted by Crippen LogP contribution is -2.40. The minimum Gasteiger partial charge on any atom is -0.411 e. The standard InChI is InChI=1S/C20H18ClN3O2S/c1-12-11-15-5-3-4-6-17(15)24(12)19(25)13(2)27-20-23-22-18(26-20)14-7-9-16(21)10-8-14/h3-10,12-13H,11H2,1-2H3. The number of anilines is 1. The summed E-state index contributed by atoms with van der Waals surface area (Å²) >= 11 is 7.18. The van der Waals surface area contributed by atoms with Crippen LogP contribution in [0.2, 0.25) is 5.02 Å². The van der Waals surface area contributed by atoms with Crippen LogP contribution in [0.25, 0.3) is 11.5 Å². The van der Waals surface area contributed by atoms with E-state index in [1.54, 1.807) is 12.1 Å². The maximum absolute atomic E-state index is 13.0. The molecule has 5 nitrogen and oxygen atoms in total. The summed E-state index contributed by atoms with van der Waals surface area (Å²) in [5, 5.41) is 8.83. The van der Waals surface area contributed by atoms with Crippen LogP contribution in [0.5, 0.6) is 0 Å². The normalized spacial score (nSPS) is 17.0. The van der Waals surface area contributed by atoms with Crippen molar-refractivity contribution in [2.75, 3.05) is 4.90 Å². The van der Waals surface area contributed by atoms with Crippen molar-refractivity contribution >= 4 is 35.0 Å². The number of fused-ring (bicyclic) bond motifs is 1. The molecule has 1 aliphatic heterocycles. The van der Waals surface area contributed by atoms with E-state index >= 15 is 0 Å². The lowest BCUT2D eigenvalue weighted by atomic mass is 10.1. The highest BCUT2D eigenvalue weighted by atomic mass is 35.5. The monoisotopic (exact) mass is 399 g/mol. The van der Waals surface area contributed by atoms with Crippen LogP contribution in [-0.2, 0) is 11.2 Å². The van der Waals surface area contributed by atoms with Gasteiger partial charge in [-0.15, -0.1) is 10.2 Å². The molecule has 3 aromatic rings. The molecule has 1 amide bonds. The molecule has 0 fully saturated rings. The van der Waals surface area contributed by atoms with Gasteiger partial charge in [0.2, 0.25) is 11.8 Å². The molecule has 138 valence electrons. The molecule has 0 saturated carbocycles. The zero-order valence-corrected chi connectivity index (χ0v) is 16.5. The highest BCUT2D eigenvalue weighted by molar-refractivity contribution is 8.00. The van der Waals surface area contributed by atoms with Crippen molar-refractivity contribution in [3.63, 3.8) is 0 Å². The summed E-state index contributed by atoms with van der Waals surface area (Å²) in [5.41, 5.74) is 2.99. The Bertz CT molecular complexity index is 973. The van der Waals surface area contributed by atoms with E-state index in [0.29, 0.717) is 16.1 Å². The zero-order valence-electron chi connectivity index (χ0n) is 14.9. The number of thioether (sulfide) groups is 1. The fraction of sp³-hybridized carbons (Fsp3) is 0.250. The second-order valence-corrected chi connectivity index (χ2v) is 8.26. The van der Waals surface area contributed by atoms with Crippen molar-refractivity contribution in [2.24, 2.45) is 0 Å². The Labute approximate surface area is 166 Å².